The molecule has 2 aromatic heterocycles. The van der Waals surface area contributed by atoms with Crippen LogP contribution in [0, 0.1) is 0 Å². The van der Waals surface area contributed by atoms with Gasteiger partial charge in [0.15, 0.2) is 0 Å². The molecular weight excluding hydrogens is 1090 g/mol. The van der Waals surface area contributed by atoms with Gasteiger partial charge in [0.05, 0.1) is 41.1 Å². The molecule has 0 unspecified atom stereocenters. The summed E-state index contributed by atoms with van der Waals surface area (Å²) in [5, 5.41) is 1.28. The molecule has 0 bridgehead atoms. The molecule has 0 aliphatic carbocycles. The summed E-state index contributed by atoms with van der Waals surface area (Å²) >= 11 is 0. The zero-order valence-corrected chi connectivity index (χ0v) is 46.7. The second-order valence-corrected chi connectivity index (χ2v) is 21.3. The van der Waals surface area contributed by atoms with Crippen molar-refractivity contribution in [2.45, 2.75) is 0 Å². The van der Waals surface area contributed by atoms with Gasteiger partial charge in [0, 0.05) is 21.5 Å². The Morgan fingerprint density at radius 1 is 0.200 bits per heavy atom. The normalized spacial score (nSPS) is 16.4. The summed E-state index contributed by atoms with van der Waals surface area (Å²) in [6.45, 7) is 0. The number of furan rings is 2. The highest BCUT2D eigenvalue weighted by Crippen LogP contribution is 2.49. The largest absolute Gasteiger partial charge is 0.456 e. The lowest BCUT2D eigenvalue weighted by Gasteiger charge is -2.20. The first-order valence-corrected chi connectivity index (χ1v) is 28.5. The molecule has 19 aromatic rings. The molecule has 0 saturated heterocycles. The third kappa shape index (κ3) is 8.26. The number of fused-ring (bicyclic) bond motifs is 13. The highest BCUT2D eigenvalue weighted by Gasteiger charge is 2.22. The van der Waals surface area contributed by atoms with E-state index in [4.69, 9.17) is 33.5 Å². The molecule has 19 rings (SSSR count). The van der Waals surface area contributed by atoms with E-state index in [-0.39, 0.29) is 65.3 Å². The molecule has 90 heavy (non-hydrogen) atoms. The second-order valence-electron chi connectivity index (χ2n) is 21.3. The third-order valence-electron chi connectivity index (χ3n) is 16.5. The van der Waals surface area contributed by atoms with Crippen LogP contribution in [0.25, 0.3) is 186 Å². The number of para-hydroxylation sites is 2. The van der Waals surface area contributed by atoms with E-state index in [9.17, 15) is 16.4 Å². The smallest absolute Gasteiger partial charge is 0.136 e. The molecule has 0 aliphatic rings. The molecule has 0 aliphatic heterocycles. The first-order chi connectivity index (χ1) is 57.2. The summed E-state index contributed by atoms with van der Waals surface area (Å²) in [5.41, 5.74) is 5.04. The van der Waals surface area contributed by atoms with Crippen molar-refractivity contribution in [1.29, 1.82) is 0 Å². The number of benzene rings is 17. The van der Waals surface area contributed by atoms with Crippen LogP contribution in [0.15, 0.2) is 336 Å². The van der Waals surface area contributed by atoms with Crippen LogP contribution in [-0.2, 0) is 0 Å². The highest BCUT2D eigenvalue weighted by atomic mass is 16.3. The van der Waals surface area contributed by atoms with Gasteiger partial charge in [-0.3, -0.25) is 0 Å². The molecule has 2 heteroatoms. The van der Waals surface area contributed by atoms with Crippen LogP contribution in [0.1, 0.15) is 41.1 Å². The maximum Gasteiger partial charge on any atom is 0.136 e. The van der Waals surface area contributed by atoms with E-state index in [0.29, 0.717) is 44.2 Å². The standard InChI is InChI=1S/C46H28O.C42H26O/c1-2-13-30-28-31(25-24-29(30)12-1)44-36-16-5-7-18-38(36)45(39-19-8-6-17-37(39)44)40-27-26-34(32-14-3-4-15-33(32)40)35-21-11-23-43-46(35)41-20-9-10-22-42(41)47-43;1-2-11-30-26-31(25-20-27(30)10-1)41-35-14-5-3-12-33(35)40(34-13-4-6-15-36(34)41)29-23-21-28(22-24-29)32-17-9-19-39-42(32)37-16-7-8-18-38(37)43-39/h1-28H;1-26H/i1D,2D,5D,6D,7D,8D,12D,13D,16D,17D,18D,19D,24D,25D,28D;1D,2D,3D,4D,5D,6D,10D,11D,12D,13D,14D,15D,20D,25D,26D. The first-order valence-electron chi connectivity index (χ1n) is 43.5. The van der Waals surface area contributed by atoms with Crippen molar-refractivity contribution in [2.75, 3.05) is 0 Å². The molecule has 17 aromatic carbocycles. The van der Waals surface area contributed by atoms with E-state index >= 15 is 0 Å². The number of hydrogen-bond acceptors (Lipinski definition) is 2. The molecule has 0 saturated carbocycles. The topological polar surface area (TPSA) is 26.3 Å². The molecule has 0 N–H and O–H groups in total. The SMILES string of the molecule is [2H]c1c([2H])c([2H])c2c([2H])c(-c3c4c([2H])c([2H])c([2H])c([2H])c4c(-c4ccc(-c5cccc6oc7ccccc7c56)c5ccccc45)c4c([2H])c([2H])c([2H])c([2H])c34)c([2H])c([2H])c2c1[2H].[2H]c1c([2H])c([2H])c2c([2H])c(-c3c4c([2H])c([2H])c([2H])c([2H])c4c(-c4ccc(-c5cccc6oc7ccccc7c56)cc4)c4c([2H])c([2H])c([2H])c([2H])c34)c([2H])c([2H])c2c1[2H]. The number of rotatable bonds is 6. The Labute approximate surface area is 561 Å². The minimum absolute atomic E-state index is 0.0399. The Kier molecular flexibility index (Phi) is 6.91. The van der Waals surface area contributed by atoms with E-state index < -0.39 is 214 Å². The molecule has 0 spiro atoms. The summed E-state index contributed by atoms with van der Waals surface area (Å²) in [6, 6.07) is 24.7. The summed E-state index contributed by atoms with van der Waals surface area (Å²) in [6.07, 6.45) is 0. The van der Waals surface area contributed by atoms with Gasteiger partial charge in [-0.05, 0) is 179 Å². The predicted octanol–water partition coefficient (Wildman–Crippen LogP) is 25.2. The molecule has 0 radical (unpaired) electrons. The quantitative estimate of drug-likeness (QED) is 0.155. The maximum absolute atomic E-state index is 9.49. The van der Waals surface area contributed by atoms with E-state index in [2.05, 4.69) is 0 Å². The fraction of sp³-hybridized carbons (Fsp3) is 0. The van der Waals surface area contributed by atoms with Crippen molar-refractivity contribution >= 4 is 119 Å². The van der Waals surface area contributed by atoms with Gasteiger partial charge < -0.3 is 8.83 Å². The van der Waals surface area contributed by atoms with Crippen molar-refractivity contribution < 1.29 is 50.0 Å². The Morgan fingerprint density at radius 2 is 0.544 bits per heavy atom. The molecule has 2 heterocycles. The zero-order valence-electron chi connectivity index (χ0n) is 76.7. The number of hydrogen-bond donors (Lipinski definition) is 0. The summed E-state index contributed by atoms with van der Waals surface area (Å²) in [7, 11) is 0. The Hall–Kier alpha value is -11.8. The van der Waals surface area contributed by atoms with Gasteiger partial charge in [0.2, 0.25) is 0 Å². The van der Waals surface area contributed by atoms with Crippen LogP contribution >= 0.6 is 0 Å². The first kappa shape index (κ1) is 29.7. The van der Waals surface area contributed by atoms with Crippen molar-refractivity contribution in [3.63, 3.8) is 0 Å². The van der Waals surface area contributed by atoms with E-state index in [0.717, 1.165) is 43.8 Å². The van der Waals surface area contributed by atoms with Gasteiger partial charge >= 0.3 is 0 Å². The summed E-state index contributed by atoms with van der Waals surface area (Å²) in [4.78, 5) is 0. The van der Waals surface area contributed by atoms with Crippen LogP contribution in [0.4, 0.5) is 0 Å². The van der Waals surface area contributed by atoms with Crippen LogP contribution in [0.3, 0.4) is 0 Å². The fourth-order valence-electron chi connectivity index (χ4n) is 12.7. The lowest BCUT2D eigenvalue weighted by Crippen LogP contribution is -1.92. The van der Waals surface area contributed by atoms with E-state index in [1.54, 1.807) is 36.4 Å². The molecule has 0 amide bonds. The van der Waals surface area contributed by atoms with Crippen LogP contribution < -0.4 is 0 Å². The predicted molar refractivity (Wildman–Crippen MR) is 383 cm³/mol. The van der Waals surface area contributed by atoms with Crippen LogP contribution in [0.2, 0.25) is 0 Å². The van der Waals surface area contributed by atoms with Gasteiger partial charge in [-0.2, -0.15) is 0 Å². The lowest BCUT2D eigenvalue weighted by molar-refractivity contribution is 0.668. The fourth-order valence-corrected chi connectivity index (χ4v) is 12.7. The maximum atomic E-state index is 9.49. The Balaban J connectivity index is 0.000000165. The summed E-state index contributed by atoms with van der Waals surface area (Å²) < 4.78 is 281. The molecular formula is C88H54O2. The Bertz CT molecular complexity index is 7810. The van der Waals surface area contributed by atoms with Gasteiger partial charge in [0.25, 0.3) is 0 Å². The van der Waals surface area contributed by atoms with Gasteiger partial charge in [0.1, 0.15) is 22.3 Å². The summed E-state index contributed by atoms with van der Waals surface area (Å²) in [5.74, 6) is 0. The van der Waals surface area contributed by atoms with Gasteiger partial charge in [-0.1, -0.05) is 291 Å². The van der Waals surface area contributed by atoms with Crippen molar-refractivity contribution in [3.05, 3.63) is 327 Å². The Morgan fingerprint density at radius 3 is 1.02 bits per heavy atom. The van der Waals surface area contributed by atoms with Gasteiger partial charge in [-0.25, -0.2) is 0 Å². The van der Waals surface area contributed by atoms with Crippen molar-refractivity contribution in [1.82, 2.24) is 0 Å². The third-order valence-corrected chi connectivity index (χ3v) is 16.5. The van der Waals surface area contributed by atoms with Crippen molar-refractivity contribution in [2.24, 2.45) is 0 Å². The minimum Gasteiger partial charge on any atom is -0.456 e. The van der Waals surface area contributed by atoms with Gasteiger partial charge in [-0.15, -0.1) is 0 Å². The van der Waals surface area contributed by atoms with Crippen LogP contribution in [-0.4, -0.2) is 0 Å². The van der Waals surface area contributed by atoms with Crippen LogP contribution in [0.5, 0.6) is 0 Å². The minimum atomic E-state index is -0.738. The molecule has 2 nitrogen and oxygen atoms in total. The lowest BCUT2D eigenvalue weighted by atomic mass is 9.83. The molecule has 0 fully saturated rings. The van der Waals surface area contributed by atoms with E-state index in [1.807, 2.05) is 109 Å². The zero-order chi connectivity index (χ0) is 85.3. The monoisotopic (exact) mass is 1170 g/mol. The van der Waals surface area contributed by atoms with Crippen molar-refractivity contribution in [3.8, 4) is 66.8 Å². The average Bonchev–Trinajstić information content (AvgIpc) is 1.07. The molecule has 418 valence electrons. The second kappa shape index (κ2) is 21.0. The average molecular weight is 1170 g/mol. The highest BCUT2D eigenvalue weighted by molar-refractivity contribution is 6.26. The van der Waals surface area contributed by atoms with E-state index in [1.165, 1.54) is 0 Å². The molecule has 0 atom stereocenters.